The Balaban J connectivity index is 2.14. The van der Waals surface area contributed by atoms with E-state index in [2.05, 4.69) is 12.2 Å². The normalized spacial score (nSPS) is 25.5. The van der Waals surface area contributed by atoms with Gasteiger partial charge in [0.1, 0.15) is 0 Å². The maximum Gasteiger partial charge on any atom is 0.306 e. The minimum atomic E-state index is -0.763. The zero-order valence-electron chi connectivity index (χ0n) is 10.7. The highest BCUT2D eigenvalue weighted by Crippen LogP contribution is 2.31. The van der Waals surface area contributed by atoms with Crippen LogP contribution in [0.2, 0.25) is 0 Å². The molecule has 0 spiro atoms. The summed E-state index contributed by atoms with van der Waals surface area (Å²) in [6, 6.07) is 0. The minimum Gasteiger partial charge on any atom is -0.481 e. The Labute approximate surface area is 103 Å². The van der Waals surface area contributed by atoms with Crippen molar-refractivity contribution in [2.45, 2.75) is 46.0 Å². The topological polar surface area (TPSA) is 66.4 Å². The van der Waals surface area contributed by atoms with E-state index < -0.39 is 5.97 Å². The molecular weight excluding hydrogens is 218 g/mol. The summed E-state index contributed by atoms with van der Waals surface area (Å²) < 4.78 is 0. The van der Waals surface area contributed by atoms with Crippen LogP contribution in [-0.4, -0.2) is 23.5 Å². The number of hydrogen-bond acceptors (Lipinski definition) is 2. The summed E-state index contributed by atoms with van der Waals surface area (Å²) in [6.45, 7) is 4.42. The molecule has 0 bridgehead atoms. The van der Waals surface area contributed by atoms with Gasteiger partial charge in [-0.15, -0.1) is 0 Å². The summed E-state index contributed by atoms with van der Waals surface area (Å²) in [5.41, 5.74) is 0. The number of carboxylic acids is 1. The van der Waals surface area contributed by atoms with E-state index in [0.29, 0.717) is 18.9 Å². The molecule has 1 aliphatic rings. The lowest BCUT2D eigenvalue weighted by Gasteiger charge is -2.15. The molecule has 0 heterocycles. The van der Waals surface area contributed by atoms with Crippen molar-refractivity contribution in [1.82, 2.24) is 5.32 Å². The summed E-state index contributed by atoms with van der Waals surface area (Å²) in [6.07, 6.45) is 4.65. The van der Waals surface area contributed by atoms with Crippen LogP contribution in [0.4, 0.5) is 0 Å². The average molecular weight is 241 g/mol. The van der Waals surface area contributed by atoms with Crippen LogP contribution in [0.25, 0.3) is 0 Å². The number of rotatable bonds is 6. The SMILES string of the molecule is CC(CCCNC(=O)C1CCCC1C)C(=O)O. The van der Waals surface area contributed by atoms with Gasteiger partial charge in [0.2, 0.25) is 5.91 Å². The van der Waals surface area contributed by atoms with Gasteiger partial charge in [0.15, 0.2) is 0 Å². The van der Waals surface area contributed by atoms with Gasteiger partial charge in [-0.25, -0.2) is 0 Å². The molecule has 0 aromatic heterocycles. The lowest BCUT2D eigenvalue weighted by molar-refractivity contribution is -0.141. The molecule has 0 aliphatic heterocycles. The van der Waals surface area contributed by atoms with E-state index in [1.54, 1.807) is 6.92 Å². The van der Waals surface area contributed by atoms with Gasteiger partial charge in [-0.3, -0.25) is 9.59 Å². The summed E-state index contributed by atoms with van der Waals surface area (Å²) in [5.74, 6) is -0.268. The van der Waals surface area contributed by atoms with Crippen molar-refractivity contribution in [3.8, 4) is 0 Å². The van der Waals surface area contributed by atoms with Gasteiger partial charge >= 0.3 is 5.97 Å². The van der Waals surface area contributed by atoms with Crippen LogP contribution >= 0.6 is 0 Å². The minimum absolute atomic E-state index is 0.151. The Morgan fingerprint density at radius 2 is 2.12 bits per heavy atom. The number of nitrogens with one attached hydrogen (secondary N) is 1. The first-order valence-electron chi connectivity index (χ1n) is 6.53. The van der Waals surface area contributed by atoms with Crippen LogP contribution in [0.15, 0.2) is 0 Å². The second-order valence-electron chi connectivity index (χ2n) is 5.19. The first-order chi connectivity index (χ1) is 8.02. The molecule has 3 unspecified atom stereocenters. The van der Waals surface area contributed by atoms with Crippen molar-refractivity contribution in [1.29, 1.82) is 0 Å². The molecule has 0 saturated heterocycles. The van der Waals surface area contributed by atoms with E-state index in [4.69, 9.17) is 5.11 Å². The number of hydrogen-bond donors (Lipinski definition) is 2. The molecule has 17 heavy (non-hydrogen) atoms. The highest BCUT2D eigenvalue weighted by atomic mass is 16.4. The van der Waals surface area contributed by atoms with Gasteiger partial charge in [-0.2, -0.15) is 0 Å². The van der Waals surface area contributed by atoms with Gasteiger partial charge < -0.3 is 10.4 Å². The predicted octanol–water partition coefficient (Wildman–Crippen LogP) is 2.04. The number of carbonyl (C=O) groups is 2. The van der Waals surface area contributed by atoms with E-state index in [9.17, 15) is 9.59 Å². The van der Waals surface area contributed by atoms with Crippen LogP contribution in [0, 0.1) is 17.8 Å². The van der Waals surface area contributed by atoms with E-state index in [1.807, 2.05) is 0 Å². The molecule has 98 valence electrons. The second-order valence-corrected chi connectivity index (χ2v) is 5.19. The molecular formula is C13H23NO3. The van der Waals surface area contributed by atoms with Crippen LogP contribution in [0.3, 0.4) is 0 Å². The van der Waals surface area contributed by atoms with Crippen molar-refractivity contribution in [2.75, 3.05) is 6.54 Å². The predicted molar refractivity (Wildman–Crippen MR) is 65.5 cm³/mol. The van der Waals surface area contributed by atoms with Crippen LogP contribution < -0.4 is 5.32 Å². The summed E-state index contributed by atoms with van der Waals surface area (Å²) in [4.78, 5) is 22.4. The third-order valence-corrected chi connectivity index (χ3v) is 3.73. The summed E-state index contributed by atoms with van der Waals surface area (Å²) in [5, 5.41) is 11.6. The maximum absolute atomic E-state index is 11.8. The van der Waals surface area contributed by atoms with E-state index in [-0.39, 0.29) is 17.7 Å². The molecule has 1 amide bonds. The second kappa shape index (κ2) is 6.62. The third kappa shape index (κ3) is 4.36. The monoisotopic (exact) mass is 241 g/mol. The highest BCUT2D eigenvalue weighted by molar-refractivity contribution is 5.79. The molecule has 3 atom stereocenters. The molecule has 0 radical (unpaired) electrons. The standard InChI is InChI=1S/C13H23NO3/c1-9-5-3-7-11(9)12(15)14-8-4-6-10(2)13(16)17/h9-11H,3-8H2,1-2H3,(H,14,15)(H,16,17). The van der Waals surface area contributed by atoms with Crippen molar-refractivity contribution >= 4 is 11.9 Å². The molecule has 0 aromatic carbocycles. The molecule has 0 aromatic rings. The Kier molecular flexibility index (Phi) is 5.45. The highest BCUT2D eigenvalue weighted by Gasteiger charge is 2.29. The van der Waals surface area contributed by atoms with E-state index in [1.165, 1.54) is 0 Å². The number of amides is 1. The lowest BCUT2D eigenvalue weighted by atomic mass is 9.97. The molecule has 1 rings (SSSR count). The van der Waals surface area contributed by atoms with E-state index in [0.717, 1.165) is 25.7 Å². The fourth-order valence-electron chi connectivity index (χ4n) is 2.41. The van der Waals surface area contributed by atoms with Crippen molar-refractivity contribution in [3.63, 3.8) is 0 Å². The Morgan fingerprint density at radius 3 is 2.65 bits per heavy atom. The van der Waals surface area contributed by atoms with Gasteiger partial charge in [0.05, 0.1) is 5.92 Å². The van der Waals surface area contributed by atoms with Gasteiger partial charge in [-0.05, 0) is 31.6 Å². The largest absolute Gasteiger partial charge is 0.481 e. The molecule has 2 N–H and O–H groups in total. The Bertz CT molecular complexity index is 278. The molecule has 4 heteroatoms. The van der Waals surface area contributed by atoms with Crippen molar-refractivity contribution in [3.05, 3.63) is 0 Å². The molecule has 1 saturated carbocycles. The first kappa shape index (κ1) is 14.0. The molecule has 1 aliphatic carbocycles. The number of aliphatic carboxylic acids is 1. The smallest absolute Gasteiger partial charge is 0.306 e. The van der Waals surface area contributed by atoms with E-state index >= 15 is 0 Å². The maximum atomic E-state index is 11.8. The number of carbonyl (C=O) groups excluding carboxylic acids is 1. The van der Waals surface area contributed by atoms with Crippen LogP contribution in [-0.2, 0) is 9.59 Å². The van der Waals surface area contributed by atoms with Gasteiger partial charge in [0, 0.05) is 12.5 Å². The zero-order chi connectivity index (χ0) is 12.8. The van der Waals surface area contributed by atoms with Gasteiger partial charge in [-0.1, -0.05) is 20.3 Å². The Morgan fingerprint density at radius 1 is 1.41 bits per heavy atom. The molecule has 4 nitrogen and oxygen atoms in total. The average Bonchev–Trinajstić information content (AvgIpc) is 2.70. The molecule has 1 fully saturated rings. The Hall–Kier alpha value is -1.06. The van der Waals surface area contributed by atoms with Gasteiger partial charge in [0.25, 0.3) is 0 Å². The fraction of sp³-hybridized carbons (Fsp3) is 0.846. The van der Waals surface area contributed by atoms with Crippen LogP contribution in [0.1, 0.15) is 46.0 Å². The summed E-state index contributed by atoms with van der Waals surface area (Å²) in [7, 11) is 0. The fourth-order valence-corrected chi connectivity index (χ4v) is 2.41. The lowest BCUT2D eigenvalue weighted by Crippen LogP contribution is -2.32. The van der Waals surface area contributed by atoms with Crippen molar-refractivity contribution in [2.24, 2.45) is 17.8 Å². The number of carboxylic acid groups (broad SMARTS) is 1. The third-order valence-electron chi connectivity index (χ3n) is 3.73. The quantitative estimate of drug-likeness (QED) is 0.699. The zero-order valence-corrected chi connectivity index (χ0v) is 10.7. The van der Waals surface area contributed by atoms with Crippen molar-refractivity contribution < 1.29 is 14.7 Å². The summed E-state index contributed by atoms with van der Waals surface area (Å²) >= 11 is 0. The first-order valence-corrected chi connectivity index (χ1v) is 6.53. The van der Waals surface area contributed by atoms with Crippen LogP contribution in [0.5, 0.6) is 0 Å².